The molecule has 1 aliphatic carbocycles. The summed E-state index contributed by atoms with van der Waals surface area (Å²) in [6.07, 6.45) is 0.892. The second-order valence-corrected chi connectivity index (χ2v) is 12.0. The second kappa shape index (κ2) is 7.90. The van der Waals surface area contributed by atoms with E-state index in [4.69, 9.17) is 0 Å². The van der Waals surface area contributed by atoms with Gasteiger partial charge in [-0.05, 0) is 101 Å². The fourth-order valence-electron chi connectivity index (χ4n) is 4.83. The summed E-state index contributed by atoms with van der Waals surface area (Å²) in [6.45, 7) is 5.69. The summed E-state index contributed by atoms with van der Waals surface area (Å²) in [6, 6.07) is 26.2. The van der Waals surface area contributed by atoms with E-state index in [2.05, 4.69) is 49.4 Å². The number of hydrogen-bond acceptors (Lipinski definition) is 0. The van der Waals surface area contributed by atoms with Gasteiger partial charge in [-0.2, -0.15) is 10.0 Å². The predicted octanol–water partition coefficient (Wildman–Crippen LogP) is 8.45. The van der Waals surface area contributed by atoms with Crippen molar-refractivity contribution < 1.29 is 8.78 Å². The van der Waals surface area contributed by atoms with Crippen LogP contribution in [0.2, 0.25) is 0 Å². The molecule has 162 valence electrons. The van der Waals surface area contributed by atoms with Crippen LogP contribution in [0.1, 0.15) is 29.2 Å². The van der Waals surface area contributed by atoms with E-state index in [9.17, 15) is 8.78 Å². The molecule has 0 unspecified atom stereocenters. The van der Waals surface area contributed by atoms with Crippen molar-refractivity contribution >= 4 is 10.0 Å². The van der Waals surface area contributed by atoms with Gasteiger partial charge in [-0.15, -0.1) is 0 Å². The minimum atomic E-state index is -1.84. The largest absolute Gasteiger partial charge is 0.207 e. The third kappa shape index (κ3) is 3.18. The average Bonchev–Trinajstić information content (AvgIpc) is 3.17. The molecular weight excluding hydrogens is 418 g/mol. The lowest BCUT2D eigenvalue weighted by atomic mass is 10.1. The Hall–Kier alpha value is -2.91. The van der Waals surface area contributed by atoms with Crippen LogP contribution in [0.5, 0.6) is 0 Å². The summed E-state index contributed by atoms with van der Waals surface area (Å²) < 4.78 is 29.5. The number of hydrogen-bond donors (Lipinski definition) is 0. The molecule has 0 atom stereocenters. The van der Waals surface area contributed by atoms with Gasteiger partial charge in [0.1, 0.15) is 11.6 Å². The molecule has 32 heavy (non-hydrogen) atoms. The first-order valence-corrected chi connectivity index (χ1v) is 12.8. The van der Waals surface area contributed by atoms with Crippen LogP contribution in [0.3, 0.4) is 0 Å². The Morgan fingerprint density at radius 1 is 0.656 bits per heavy atom. The van der Waals surface area contributed by atoms with E-state index >= 15 is 0 Å². The molecule has 0 fully saturated rings. The molecule has 0 spiro atoms. The standard InChI is InChI=1S/C29H26F2S/c1-4-32(24-11-9-19(2)28(30)17-24,25-12-10-20(3)29(31)18-25)23-13-14-27-22(16-23)15-21-7-5-6-8-26(21)27/h5-14,16-18H,4,15H2,1-3H3. The van der Waals surface area contributed by atoms with Crippen molar-refractivity contribution in [2.45, 2.75) is 41.9 Å². The van der Waals surface area contributed by atoms with Crippen molar-refractivity contribution in [2.75, 3.05) is 5.75 Å². The van der Waals surface area contributed by atoms with Crippen LogP contribution < -0.4 is 0 Å². The van der Waals surface area contributed by atoms with E-state index < -0.39 is 10.0 Å². The molecule has 4 aromatic carbocycles. The van der Waals surface area contributed by atoms with Crippen LogP contribution in [0, 0.1) is 25.5 Å². The van der Waals surface area contributed by atoms with Gasteiger partial charge in [0.2, 0.25) is 0 Å². The molecule has 0 saturated carbocycles. The molecule has 0 aromatic heterocycles. The maximum absolute atomic E-state index is 14.8. The zero-order valence-corrected chi connectivity index (χ0v) is 19.4. The van der Waals surface area contributed by atoms with Crippen LogP contribution in [-0.4, -0.2) is 5.75 Å². The Balaban J connectivity index is 1.76. The quantitative estimate of drug-likeness (QED) is 0.261. The molecule has 3 heteroatoms. The highest BCUT2D eigenvalue weighted by Crippen LogP contribution is 2.68. The second-order valence-electron chi connectivity index (χ2n) is 8.50. The third-order valence-electron chi connectivity index (χ3n) is 6.69. The van der Waals surface area contributed by atoms with Crippen molar-refractivity contribution in [3.63, 3.8) is 0 Å². The highest BCUT2D eigenvalue weighted by molar-refractivity contribution is 8.33. The SMILES string of the molecule is CCS(c1ccc(C)c(F)c1)(c1ccc(C)c(F)c1)c1ccc2c(c1)Cc1ccccc1-2. The molecule has 5 rings (SSSR count). The van der Waals surface area contributed by atoms with Crippen LogP contribution in [0.15, 0.2) is 93.5 Å². The van der Waals surface area contributed by atoms with Gasteiger partial charge in [0, 0.05) is 9.79 Å². The van der Waals surface area contributed by atoms with E-state index in [1.807, 2.05) is 24.3 Å². The van der Waals surface area contributed by atoms with Gasteiger partial charge < -0.3 is 0 Å². The fraction of sp³-hybridized carbons (Fsp3) is 0.172. The van der Waals surface area contributed by atoms with E-state index in [0.29, 0.717) is 11.1 Å². The van der Waals surface area contributed by atoms with Gasteiger partial charge in [-0.3, -0.25) is 0 Å². The molecule has 0 nitrogen and oxygen atoms in total. The normalized spacial score (nSPS) is 13.0. The van der Waals surface area contributed by atoms with Gasteiger partial charge in [-0.25, -0.2) is 8.78 Å². The van der Waals surface area contributed by atoms with Crippen LogP contribution in [0.25, 0.3) is 11.1 Å². The highest BCUT2D eigenvalue weighted by atomic mass is 32.3. The number of rotatable bonds is 4. The maximum Gasteiger partial charge on any atom is 0.127 e. The molecule has 0 amide bonds. The molecule has 4 aromatic rings. The summed E-state index contributed by atoms with van der Waals surface area (Å²) in [4.78, 5) is 3.02. The van der Waals surface area contributed by atoms with Crippen LogP contribution >= 0.6 is 10.0 Å². The van der Waals surface area contributed by atoms with Gasteiger partial charge in [0.05, 0.1) is 0 Å². The summed E-state index contributed by atoms with van der Waals surface area (Å²) in [5.74, 6) is 0.340. The van der Waals surface area contributed by atoms with Crippen molar-refractivity contribution in [2.24, 2.45) is 0 Å². The maximum atomic E-state index is 14.8. The highest BCUT2D eigenvalue weighted by Gasteiger charge is 2.32. The molecule has 0 heterocycles. The molecule has 1 aliphatic rings. The lowest BCUT2D eigenvalue weighted by Crippen LogP contribution is -2.08. The third-order valence-corrected chi connectivity index (χ3v) is 10.7. The molecule has 0 saturated heterocycles. The lowest BCUT2D eigenvalue weighted by Gasteiger charge is -2.41. The van der Waals surface area contributed by atoms with E-state index in [1.54, 1.807) is 26.0 Å². The zero-order valence-electron chi connectivity index (χ0n) is 18.6. The molecular formula is C29H26F2S. The average molecular weight is 445 g/mol. The van der Waals surface area contributed by atoms with Gasteiger partial charge in [-0.1, -0.05) is 49.4 Å². The first kappa shape index (κ1) is 21.0. The smallest absolute Gasteiger partial charge is 0.127 e. The van der Waals surface area contributed by atoms with E-state index in [0.717, 1.165) is 26.9 Å². The van der Waals surface area contributed by atoms with Crippen molar-refractivity contribution in [3.05, 3.63) is 113 Å². The Bertz CT molecular complexity index is 1290. The topological polar surface area (TPSA) is 0 Å². The van der Waals surface area contributed by atoms with Crippen molar-refractivity contribution in [1.82, 2.24) is 0 Å². The van der Waals surface area contributed by atoms with E-state index in [1.165, 1.54) is 22.3 Å². The van der Waals surface area contributed by atoms with Gasteiger partial charge in [0.25, 0.3) is 0 Å². The fourth-order valence-corrected chi connectivity index (χ4v) is 8.50. The Kier molecular flexibility index (Phi) is 5.17. The Labute approximate surface area is 190 Å². The molecule has 0 aliphatic heterocycles. The minimum absolute atomic E-state index is 0.214. The molecule has 0 radical (unpaired) electrons. The summed E-state index contributed by atoms with van der Waals surface area (Å²) >= 11 is 0. The number of fused-ring (bicyclic) bond motifs is 3. The molecule has 0 bridgehead atoms. The monoisotopic (exact) mass is 444 g/mol. The van der Waals surface area contributed by atoms with Gasteiger partial charge in [0.15, 0.2) is 0 Å². The summed E-state index contributed by atoms with van der Waals surface area (Å²) in [5, 5.41) is 0. The number of halogens is 2. The Morgan fingerprint density at radius 3 is 1.78 bits per heavy atom. The minimum Gasteiger partial charge on any atom is -0.207 e. The van der Waals surface area contributed by atoms with Gasteiger partial charge >= 0.3 is 0 Å². The number of aryl methyl sites for hydroxylation is 2. The van der Waals surface area contributed by atoms with Crippen molar-refractivity contribution in [1.29, 1.82) is 0 Å². The Morgan fingerprint density at radius 2 is 1.19 bits per heavy atom. The van der Waals surface area contributed by atoms with Crippen molar-refractivity contribution in [3.8, 4) is 11.1 Å². The predicted molar refractivity (Wildman–Crippen MR) is 130 cm³/mol. The van der Waals surface area contributed by atoms with Crippen LogP contribution in [0.4, 0.5) is 8.78 Å². The zero-order chi connectivity index (χ0) is 22.5. The van der Waals surface area contributed by atoms with Crippen LogP contribution in [-0.2, 0) is 6.42 Å². The first-order valence-electron chi connectivity index (χ1n) is 11.0. The summed E-state index contributed by atoms with van der Waals surface area (Å²) in [5.41, 5.74) is 6.41. The number of benzene rings is 4. The molecule has 0 N–H and O–H groups in total. The van der Waals surface area contributed by atoms with E-state index in [-0.39, 0.29) is 11.6 Å². The summed E-state index contributed by atoms with van der Waals surface area (Å²) in [7, 11) is -1.84. The first-order chi connectivity index (χ1) is 15.4. The lowest BCUT2D eigenvalue weighted by molar-refractivity contribution is 0.613.